The van der Waals surface area contributed by atoms with Gasteiger partial charge in [0, 0.05) is 56.5 Å². The second-order valence-electron chi connectivity index (χ2n) is 6.41. The summed E-state index contributed by atoms with van der Waals surface area (Å²) in [4.78, 5) is 32.6. The summed E-state index contributed by atoms with van der Waals surface area (Å²) in [5, 5.41) is 7.19. The Labute approximate surface area is 162 Å². The van der Waals surface area contributed by atoms with Gasteiger partial charge in [0.2, 0.25) is 0 Å². The lowest BCUT2D eigenvalue weighted by Crippen LogP contribution is -2.51. The Balaban J connectivity index is 1.38. The Bertz CT molecular complexity index is 950. The molecular weight excluding hydrogens is 356 g/mol. The molecule has 0 atom stereocenters. The van der Waals surface area contributed by atoms with E-state index in [0.717, 1.165) is 5.69 Å². The van der Waals surface area contributed by atoms with Crippen molar-refractivity contribution in [1.29, 1.82) is 0 Å². The van der Waals surface area contributed by atoms with E-state index in [2.05, 4.69) is 15.4 Å². The molecule has 3 heterocycles. The molecule has 3 aromatic rings. The van der Waals surface area contributed by atoms with Gasteiger partial charge in [-0.3, -0.25) is 9.78 Å². The largest absolute Gasteiger partial charge is 0.335 e. The number of hydrogen-bond acceptors (Lipinski definition) is 4. The Morgan fingerprint density at radius 2 is 1.57 bits per heavy atom. The molecule has 1 aliphatic heterocycles. The molecule has 3 amide bonds. The van der Waals surface area contributed by atoms with Crippen molar-refractivity contribution in [3.05, 3.63) is 72.8 Å². The third-order valence-electron chi connectivity index (χ3n) is 4.68. The lowest BCUT2D eigenvalue weighted by atomic mass is 10.2. The van der Waals surface area contributed by atoms with Crippen molar-refractivity contribution in [2.24, 2.45) is 0 Å². The molecule has 0 radical (unpaired) electrons. The van der Waals surface area contributed by atoms with Crippen molar-refractivity contribution in [3.8, 4) is 5.69 Å². The quantitative estimate of drug-likeness (QED) is 0.760. The van der Waals surface area contributed by atoms with Crippen molar-refractivity contribution in [2.45, 2.75) is 0 Å². The molecule has 2 aromatic heterocycles. The maximum Gasteiger partial charge on any atom is 0.322 e. The lowest BCUT2D eigenvalue weighted by molar-refractivity contribution is 0.0671. The van der Waals surface area contributed by atoms with Crippen LogP contribution in [-0.4, -0.2) is 62.7 Å². The highest BCUT2D eigenvalue weighted by Crippen LogP contribution is 2.20. The average Bonchev–Trinajstić information content (AvgIpc) is 3.29. The number of aromatic nitrogens is 3. The van der Waals surface area contributed by atoms with E-state index in [1.54, 1.807) is 45.2 Å². The van der Waals surface area contributed by atoms with Gasteiger partial charge in [0.05, 0.1) is 11.4 Å². The first-order valence-corrected chi connectivity index (χ1v) is 9.06. The Morgan fingerprint density at radius 3 is 2.29 bits per heavy atom. The third-order valence-corrected chi connectivity index (χ3v) is 4.68. The van der Waals surface area contributed by atoms with E-state index in [0.29, 0.717) is 37.4 Å². The molecule has 0 unspecified atom stereocenters. The highest BCUT2D eigenvalue weighted by atomic mass is 16.2. The van der Waals surface area contributed by atoms with E-state index >= 15 is 0 Å². The van der Waals surface area contributed by atoms with Crippen LogP contribution in [0.1, 0.15) is 10.4 Å². The lowest BCUT2D eigenvalue weighted by Gasteiger charge is -2.34. The molecular formula is C20H20N6O2. The number of nitrogens with one attached hydrogen (secondary N) is 1. The minimum Gasteiger partial charge on any atom is -0.335 e. The highest BCUT2D eigenvalue weighted by Gasteiger charge is 2.25. The van der Waals surface area contributed by atoms with Crippen molar-refractivity contribution in [1.82, 2.24) is 24.6 Å². The summed E-state index contributed by atoms with van der Waals surface area (Å²) < 4.78 is 1.71. The van der Waals surface area contributed by atoms with Crippen LogP contribution < -0.4 is 5.32 Å². The minimum absolute atomic E-state index is 0.0357. The topological polar surface area (TPSA) is 83.4 Å². The molecule has 1 aromatic carbocycles. The van der Waals surface area contributed by atoms with Crippen LogP contribution in [0.4, 0.5) is 10.5 Å². The number of piperazine rings is 1. The summed E-state index contributed by atoms with van der Waals surface area (Å²) in [6.07, 6.45) is 6.73. The molecule has 1 aliphatic rings. The predicted octanol–water partition coefficient (Wildman–Crippen LogP) is 2.26. The summed E-state index contributed by atoms with van der Waals surface area (Å²) in [5.74, 6) is -0.0357. The monoisotopic (exact) mass is 376 g/mol. The number of amides is 3. The van der Waals surface area contributed by atoms with Gasteiger partial charge in [-0.15, -0.1) is 0 Å². The van der Waals surface area contributed by atoms with Gasteiger partial charge < -0.3 is 15.1 Å². The third kappa shape index (κ3) is 3.71. The van der Waals surface area contributed by atoms with Crippen LogP contribution in [0, 0.1) is 0 Å². The molecule has 0 spiro atoms. The standard InChI is InChI=1S/C20H20N6O2/c27-19(16-6-9-21-10-7-16)24-12-14-25(15-13-24)20(28)23-17-4-1-2-5-18(17)26-11-3-8-22-26/h1-11H,12-15H2,(H,23,28). The minimum atomic E-state index is -0.185. The van der Waals surface area contributed by atoms with E-state index in [9.17, 15) is 9.59 Å². The first kappa shape index (κ1) is 17.7. The van der Waals surface area contributed by atoms with Crippen molar-refractivity contribution in [3.63, 3.8) is 0 Å². The van der Waals surface area contributed by atoms with E-state index in [1.165, 1.54) is 0 Å². The second kappa shape index (κ2) is 7.91. The zero-order valence-electron chi connectivity index (χ0n) is 15.2. The summed E-state index contributed by atoms with van der Waals surface area (Å²) in [6.45, 7) is 1.95. The van der Waals surface area contributed by atoms with Gasteiger partial charge in [0.25, 0.3) is 5.91 Å². The molecule has 0 saturated carbocycles. The number of nitrogens with zero attached hydrogens (tertiary/aromatic N) is 5. The van der Waals surface area contributed by atoms with Crippen LogP contribution in [0.2, 0.25) is 0 Å². The van der Waals surface area contributed by atoms with E-state index < -0.39 is 0 Å². The Kier molecular flexibility index (Phi) is 5.01. The number of carbonyl (C=O) groups excluding carboxylic acids is 2. The van der Waals surface area contributed by atoms with Gasteiger partial charge in [0.1, 0.15) is 0 Å². The van der Waals surface area contributed by atoms with Crippen LogP contribution in [-0.2, 0) is 0 Å². The molecule has 8 nitrogen and oxygen atoms in total. The summed E-state index contributed by atoms with van der Waals surface area (Å²) in [7, 11) is 0. The van der Waals surface area contributed by atoms with Crippen LogP contribution in [0.25, 0.3) is 5.69 Å². The van der Waals surface area contributed by atoms with Crippen LogP contribution in [0.3, 0.4) is 0 Å². The summed E-state index contributed by atoms with van der Waals surface area (Å²) in [6, 6.07) is 12.6. The van der Waals surface area contributed by atoms with Gasteiger partial charge in [-0.25, -0.2) is 9.48 Å². The molecule has 4 rings (SSSR count). The fraction of sp³-hybridized carbons (Fsp3) is 0.200. The maximum atomic E-state index is 12.7. The number of benzene rings is 1. The molecule has 8 heteroatoms. The van der Waals surface area contributed by atoms with Crippen LogP contribution in [0.5, 0.6) is 0 Å². The maximum absolute atomic E-state index is 12.7. The number of para-hydroxylation sites is 2. The first-order chi connectivity index (χ1) is 13.7. The van der Waals surface area contributed by atoms with Crippen molar-refractivity contribution >= 4 is 17.6 Å². The fourth-order valence-electron chi connectivity index (χ4n) is 3.17. The second-order valence-corrected chi connectivity index (χ2v) is 6.41. The summed E-state index contributed by atoms with van der Waals surface area (Å²) >= 11 is 0. The fourth-order valence-corrected chi connectivity index (χ4v) is 3.17. The molecule has 0 aliphatic carbocycles. The molecule has 1 N–H and O–H groups in total. The summed E-state index contributed by atoms with van der Waals surface area (Å²) in [5.41, 5.74) is 2.10. The van der Waals surface area contributed by atoms with Gasteiger partial charge in [-0.1, -0.05) is 12.1 Å². The number of pyridine rings is 1. The number of rotatable bonds is 3. The number of carbonyl (C=O) groups is 2. The van der Waals surface area contributed by atoms with Gasteiger partial charge >= 0.3 is 6.03 Å². The first-order valence-electron chi connectivity index (χ1n) is 9.06. The Morgan fingerprint density at radius 1 is 0.857 bits per heavy atom. The van der Waals surface area contributed by atoms with E-state index in [4.69, 9.17) is 0 Å². The van der Waals surface area contributed by atoms with E-state index in [-0.39, 0.29) is 11.9 Å². The normalized spacial score (nSPS) is 14.0. The van der Waals surface area contributed by atoms with Crippen molar-refractivity contribution < 1.29 is 9.59 Å². The SMILES string of the molecule is O=C(Nc1ccccc1-n1cccn1)N1CCN(C(=O)c2ccncc2)CC1. The average molecular weight is 376 g/mol. The van der Waals surface area contributed by atoms with E-state index in [1.807, 2.05) is 36.5 Å². The highest BCUT2D eigenvalue weighted by molar-refractivity contribution is 5.95. The Hall–Kier alpha value is -3.68. The van der Waals surface area contributed by atoms with Gasteiger partial charge in [-0.05, 0) is 30.3 Å². The molecule has 142 valence electrons. The van der Waals surface area contributed by atoms with Crippen molar-refractivity contribution in [2.75, 3.05) is 31.5 Å². The smallest absolute Gasteiger partial charge is 0.322 e. The molecule has 0 bridgehead atoms. The zero-order chi connectivity index (χ0) is 19.3. The number of hydrogen-bond donors (Lipinski definition) is 1. The number of urea groups is 1. The number of anilines is 1. The van der Waals surface area contributed by atoms with Gasteiger partial charge in [-0.2, -0.15) is 5.10 Å². The van der Waals surface area contributed by atoms with Crippen LogP contribution >= 0.6 is 0 Å². The molecule has 1 fully saturated rings. The zero-order valence-corrected chi connectivity index (χ0v) is 15.2. The molecule has 1 saturated heterocycles. The predicted molar refractivity (Wildman–Crippen MR) is 104 cm³/mol. The molecule has 28 heavy (non-hydrogen) atoms. The van der Waals surface area contributed by atoms with Gasteiger partial charge in [0.15, 0.2) is 0 Å². The van der Waals surface area contributed by atoms with Crippen LogP contribution in [0.15, 0.2) is 67.3 Å².